The zero-order valence-corrected chi connectivity index (χ0v) is 10.2. The molecule has 0 aliphatic rings. The average molecular weight is 280 g/mol. The predicted octanol–water partition coefficient (Wildman–Crippen LogP) is 2.08. The second-order valence-electron chi connectivity index (χ2n) is 2.59. The Morgan fingerprint density at radius 1 is 1.36 bits per heavy atom. The zero-order valence-electron chi connectivity index (χ0n) is 7.71. The highest BCUT2D eigenvalue weighted by atomic mass is 79.9. The van der Waals surface area contributed by atoms with Gasteiger partial charge in [-0.3, -0.25) is 4.79 Å². The summed E-state index contributed by atoms with van der Waals surface area (Å²) in [5, 5.41) is 6.13. The Balaban J connectivity index is 0.00000169. The maximum Gasteiger partial charge on any atom is 0.238 e. The van der Waals surface area contributed by atoms with Crippen LogP contribution in [0.2, 0.25) is 5.02 Å². The van der Waals surface area contributed by atoms with E-state index in [0.29, 0.717) is 11.6 Å². The predicted molar refractivity (Wildman–Crippen MR) is 64.3 cm³/mol. The third-order valence-corrected chi connectivity index (χ3v) is 1.72. The molecule has 0 aliphatic carbocycles. The Hall–Kier alpha value is -0.580. The largest absolute Gasteiger partial charge is 0.325 e. The average Bonchev–Trinajstić information content (AvgIpc) is 2.09. The van der Waals surface area contributed by atoms with Crippen LogP contribution >= 0.6 is 28.6 Å². The van der Waals surface area contributed by atoms with Gasteiger partial charge in [0.15, 0.2) is 0 Å². The molecule has 0 atom stereocenters. The lowest BCUT2D eigenvalue weighted by molar-refractivity contribution is -0.115. The molecular weight excluding hydrogens is 267 g/mol. The van der Waals surface area contributed by atoms with E-state index in [2.05, 4.69) is 10.6 Å². The minimum Gasteiger partial charge on any atom is -0.325 e. The highest BCUT2D eigenvalue weighted by molar-refractivity contribution is 8.93. The second-order valence-corrected chi connectivity index (χ2v) is 3.02. The van der Waals surface area contributed by atoms with Crippen LogP contribution in [0.3, 0.4) is 0 Å². The van der Waals surface area contributed by atoms with Gasteiger partial charge in [0.2, 0.25) is 5.91 Å². The third kappa shape index (κ3) is 4.60. The summed E-state index contributed by atoms with van der Waals surface area (Å²) in [6, 6.07) is 6.98. The summed E-state index contributed by atoms with van der Waals surface area (Å²) in [6.07, 6.45) is 0. The van der Waals surface area contributed by atoms with Gasteiger partial charge in [0.05, 0.1) is 6.54 Å². The van der Waals surface area contributed by atoms with E-state index in [1.165, 1.54) is 0 Å². The summed E-state index contributed by atoms with van der Waals surface area (Å²) in [6.45, 7) is 0.308. The molecule has 0 saturated heterocycles. The first-order valence-electron chi connectivity index (χ1n) is 3.92. The molecule has 0 spiro atoms. The minimum atomic E-state index is -0.0650. The van der Waals surface area contributed by atoms with Gasteiger partial charge in [0, 0.05) is 10.7 Å². The molecule has 0 aliphatic heterocycles. The van der Waals surface area contributed by atoms with Crippen molar-refractivity contribution in [3.63, 3.8) is 0 Å². The summed E-state index contributed by atoms with van der Waals surface area (Å²) in [5.74, 6) is -0.0650. The van der Waals surface area contributed by atoms with Gasteiger partial charge in [-0.05, 0) is 31.3 Å². The van der Waals surface area contributed by atoms with Crippen molar-refractivity contribution in [3.05, 3.63) is 29.3 Å². The van der Waals surface area contributed by atoms with Crippen LogP contribution in [0.5, 0.6) is 0 Å². The zero-order chi connectivity index (χ0) is 9.68. The monoisotopic (exact) mass is 278 g/mol. The molecular formula is C9H12BrClN2O. The molecule has 1 aromatic carbocycles. The number of hydrogen-bond donors (Lipinski definition) is 2. The van der Waals surface area contributed by atoms with Crippen molar-refractivity contribution in [3.8, 4) is 0 Å². The van der Waals surface area contributed by atoms with E-state index in [4.69, 9.17) is 11.6 Å². The van der Waals surface area contributed by atoms with E-state index in [0.717, 1.165) is 5.69 Å². The fourth-order valence-electron chi connectivity index (χ4n) is 0.899. The van der Waals surface area contributed by atoms with Crippen molar-refractivity contribution in [1.29, 1.82) is 0 Å². The number of carbonyl (C=O) groups excluding carboxylic acids is 1. The molecule has 14 heavy (non-hydrogen) atoms. The first-order valence-corrected chi connectivity index (χ1v) is 4.30. The van der Waals surface area contributed by atoms with E-state index < -0.39 is 0 Å². The van der Waals surface area contributed by atoms with Gasteiger partial charge in [0.25, 0.3) is 0 Å². The van der Waals surface area contributed by atoms with E-state index in [-0.39, 0.29) is 22.9 Å². The summed E-state index contributed by atoms with van der Waals surface area (Å²) in [7, 11) is 1.72. The van der Waals surface area contributed by atoms with Crippen LogP contribution in [-0.2, 0) is 4.79 Å². The van der Waals surface area contributed by atoms with Crippen molar-refractivity contribution in [2.24, 2.45) is 0 Å². The van der Waals surface area contributed by atoms with Crippen LogP contribution in [0.25, 0.3) is 0 Å². The highest BCUT2D eigenvalue weighted by Gasteiger charge is 1.99. The lowest BCUT2D eigenvalue weighted by Crippen LogP contribution is -2.24. The number of benzene rings is 1. The molecule has 1 rings (SSSR count). The van der Waals surface area contributed by atoms with Crippen LogP contribution in [0.4, 0.5) is 5.69 Å². The molecule has 0 radical (unpaired) electrons. The fourth-order valence-corrected chi connectivity index (χ4v) is 1.02. The first-order chi connectivity index (χ1) is 6.22. The van der Waals surface area contributed by atoms with E-state index >= 15 is 0 Å². The lowest BCUT2D eigenvalue weighted by Gasteiger charge is -2.03. The van der Waals surface area contributed by atoms with Gasteiger partial charge in [0.1, 0.15) is 0 Å². The van der Waals surface area contributed by atoms with Gasteiger partial charge >= 0.3 is 0 Å². The molecule has 0 heterocycles. The third-order valence-electron chi connectivity index (χ3n) is 1.47. The topological polar surface area (TPSA) is 41.1 Å². The first kappa shape index (κ1) is 13.4. The Morgan fingerprint density at radius 2 is 1.93 bits per heavy atom. The molecule has 5 heteroatoms. The summed E-state index contributed by atoms with van der Waals surface area (Å²) >= 11 is 5.68. The second kappa shape index (κ2) is 6.81. The maximum absolute atomic E-state index is 11.1. The van der Waals surface area contributed by atoms with Crippen molar-refractivity contribution in [1.82, 2.24) is 5.32 Å². The molecule has 78 valence electrons. The Kier molecular flexibility index (Phi) is 6.53. The Bertz CT molecular complexity index is 289. The summed E-state index contributed by atoms with van der Waals surface area (Å²) < 4.78 is 0. The number of carbonyl (C=O) groups is 1. The van der Waals surface area contributed by atoms with Gasteiger partial charge < -0.3 is 10.6 Å². The Labute approximate surface area is 98.6 Å². The summed E-state index contributed by atoms with van der Waals surface area (Å²) in [5.41, 5.74) is 0.754. The van der Waals surface area contributed by atoms with E-state index in [1.54, 1.807) is 31.3 Å². The van der Waals surface area contributed by atoms with Crippen molar-refractivity contribution >= 4 is 40.2 Å². The number of likely N-dealkylation sites (N-methyl/N-ethyl adjacent to an activating group) is 1. The number of hydrogen-bond acceptors (Lipinski definition) is 2. The summed E-state index contributed by atoms with van der Waals surface area (Å²) in [4.78, 5) is 11.1. The molecule has 1 amide bonds. The molecule has 0 fully saturated rings. The van der Waals surface area contributed by atoms with Crippen molar-refractivity contribution < 1.29 is 4.79 Å². The van der Waals surface area contributed by atoms with Crippen LogP contribution in [0, 0.1) is 0 Å². The van der Waals surface area contributed by atoms with Crippen LogP contribution in [-0.4, -0.2) is 19.5 Å². The highest BCUT2D eigenvalue weighted by Crippen LogP contribution is 2.12. The molecule has 2 N–H and O–H groups in total. The van der Waals surface area contributed by atoms with Gasteiger partial charge in [-0.1, -0.05) is 11.6 Å². The quantitative estimate of drug-likeness (QED) is 0.889. The van der Waals surface area contributed by atoms with E-state index in [1.807, 2.05) is 0 Å². The number of nitrogens with one attached hydrogen (secondary N) is 2. The van der Waals surface area contributed by atoms with Crippen LogP contribution in [0.1, 0.15) is 0 Å². The number of anilines is 1. The molecule has 3 nitrogen and oxygen atoms in total. The van der Waals surface area contributed by atoms with Gasteiger partial charge in [-0.2, -0.15) is 0 Å². The maximum atomic E-state index is 11.1. The number of rotatable bonds is 3. The van der Waals surface area contributed by atoms with Crippen molar-refractivity contribution in [2.75, 3.05) is 18.9 Å². The number of amides is 1. The van der Waals surface area contributed by atoms with Gasteiger partial charge in [-0.25, -0.2) is 0 Å². The van der Waals surface area contributed by atoms with E-state index in [9.17, 15) is 4.79 Å². The SMILES string of the molecule is Br.CNCC(=O)Nc1ccc(Cl)cc1. The Morgan fingerprint density at radius 3 is 2.43 bits per heavy atom. The molecule has 1 aromatic rings. The number of halogens is 2. The fraction of sp³-hybridized carbons (Fsp3) is 0.222. The normalized spacial score (nSPS) is 9.00. The molecule has 0 aromatic heterocycles. The molecule has 0 saturated carbocycles. The molecule has 0 bridgehead atoms. The lowest BCUT2D eigenvalue weighted by atomic mass is 10.3. The standard InChI is InChI=1S/C9H11ClN2O.BrH/c1-11-6-9(13)12-8-4-2-7(10)3-5-8;/h2-5,11H,6H2,1H3,(H,12,13);1H. The molecule has 0 unspecified atom stereocenters. The van der Waals surface area contributed by atoms with Crippen LogP contribution < -0.4 is 10.6 Å². The van der Waals surface area contributed by atoms with Gasteiger partial charge in [-0.15, -0.1) is 17.0 Å². The minimum absolute atomic E-state index is 0. The van der Waals surface area contributed by atoms with Crippen LogP contribution in [0.15, 0.2) is 24.3 Å². The smallest absolute Gasteiger partial charge is 0.238 e. The van der Waals surface area contributed by atoms with Crippen molar-refractivity contribution in [2.45, 2.75) is 0 Å².